The Morgan fingerprint density at radius 3 is 1.28 bits per heavy atom. The molecule has 0 saturated heterocycles. The van der Waals surface area contributed by atoms with Gasteiger partial charge in [-0.1, -0.05) is 155 Å². The van der Waals surface area contributed by atoms with Crippen molar-refractivity contribution in [3.05, 3.63) is 169 Å². The Labute approximate surface area is 283 Å². The number of pyridine rings is 2. The first-order chi connectivity index (χ1) is 22.1. The molecule has 0 amide bonds. The Bertz CT molecular complexity index is 2140. The van der Waals surface area contributed by atoms with Crippen molar-refractivity contribution in [3.63, 3.8) is 0 Å². The molecule has 0 radical (unpaired) electrons. The van der Waals surface area contributed by atoms with Crippen molar-refractivity contribution in [2.24, 2.45) is 0 Å². The molecular formula is C41H30N4Pt. The number of para-hydroxylation sites is 4. The molecule has 8 rings (SSSR count). The molecule has 0 spiro atoms. The van der Waals surface area contributed by atoms with E-state index in [9.17, 15) is 0 Å². The second-order valence-electron chi connectivity index (χ2n) is 11.8. The minimum atomic E-state index is -0.457. The van der Waals surface area contributed by atoms with Crippen LogP contribution in [-0.4, -0.2) is 19.1 Å². The van der Waals surface area contributed by atoms with Gasteiger partial charge in [0.15, 0.2) is 0 Å². The van der Waals surface area contributed by atoms with Crippen LogP contribution < -0.4 is 0 Å². The molecule has 0 bridgehead atoms. The Balaban J connectivity index is 0.00000338. The van der Waals surface area contributed by atoms with E-state index in [1.54, 1.807) is 0 Å². The molecule has 4 aromatic carbocycles. The van der Waals surface area contributed by atoms with Gasteiger partial charge in [-0.05, 0) is 60.8 Å². The molecule has 5 heteroatoms. The van der Waals surface area contributed by atoms with E-state index < -0.39 is 5.41 Å². The van der Waals surface area contributed by atoms with Gasteiger partial charge in [0.2, 0.25) is 0 Å². The number of benzene rings is 4. The minimum absolute atomic E-state index is 0. The summed E-state index contributed by atoms with van der Waals surface area (Å²) >= 11 is 0. The average molecular weight is 774 g/mol. The summed E-state index contributed by atoms with van der Waals surface area (Å²) in [5.41, 5.74) is 9.54. The summed E-state index contributed by atoms with van der Waals surface area (Å²) in [7, 11) is 0. The van der Waals surface area contributed by atoms with Gasteiger partial charge in [0.25, 0.3) is 0 Å². The van der Waals surface area contributed by atoms with Gasteiger partial charge in [-0.15, -0.1) is 0 Å². The Morgan fingerprint density at radius 2 is 0.848 bits per heavy atom. The molecular weight excluding hydrogens is 744 g/mol. The van der Waals surface area contributed by atoms with E-state index in [0.29, 0.717) is 0 Å². The largest absolute Gasteiger partial charge is 2.00 e. The third-order valence-corrected chi connectivity index (χ3v) is 8.60. The minimum Gasteiger partial charge on any atom is -0.417 e. The van der Waals surface area contributed by atoms with Gasteiger partial charge < -0.3 is 9.13 Å². The zero-order chi connectivity index (χ0) is 30.4. The van der Waals surface area contributed by atoms with Gasteiger partial charge in [-0.25, -0.2) is 0 Å². The fraction of sp³-hybridized carbons (Fsp3) is 0.0732. The molecule has 0 saturated carbocycles. The second kappa shape index (κ2) is 12.0. The number of nitrogens with zero attached hydrogens (tertiary/aromatic N) is 4. The number of hydrogen-bond acceptors (Lipinski definition) is 2. The molecule has 0 aliphatic carbocycles. The van der Waals surface area contributed by atoms with Crippen LogP contribution in [0.5, 0.6) is 0 Å². The maximum absolute atomic E-state index is 5.25. The number of fused-ring (bicyclic) bond motifs is 2. The van der Waals surface area contributed by atoms with Crippen LogP contribution in [0.4, 0.5) is 0 Å². The first kappa shape index (κ1) is 29.6. The molecule has 0 unspecified atom stereocenters. The van der Waals surface area contributed by atoms with Crippen LogP contribution in [0.25, 0.3) is 55.7 Å². The van der Waals surface area contributed by atoms with Crippen molar-refractivity contribution in [2.45, 2.75) is 19.3 Å². The van der Waals surface area contributed by atoms with Crippen LogP contribution in [0.1, 0.15) is 25.2 Å². The van der Waals surface area contributed by atoms with Crippen LogP contribution in [0, 0.1) is 12.4 Å². The molecule has 0 fully saturated rings. The molecule has 0 N–H and O–H groups in total. The van der Waals surface area contributed by atoms with Crippen LogP contribution in [0.15, 0.2) is 146 Å². The molecule has 4 nitrogen and oxygen atoms in total. The summed E-state index contributed by atoms with van der Waals surface area (Å²) < 4.78 is 4.25. The summed E-state index contributed by atoms with van der Waals surface area (Å²) in [6.07, 6.45) is 7.27. The third-order valence-electron chi connectivity index (χ3n) is 8.60. The van der Waals surface area contributed by atoms with Crippen LogP contribution in [0.3, 0.4) is 0 Å². The predicted molar refractivity (Wildman–Crippen MR) is 183 cm³/mol. The Hall–Kier alpha value is -5.05. The van der Waals surface area contributed by atoms with E-state index in [4.69, 9.17) is 9.97 Å². The summed E-state index contributed by atoms with van der Waals surface area (Å²) in [5.74, 6) is 0. The van der Waals surface area contributed by atoms with E-state index in [1.807, 2.05) is 12.1 Å². The second-order valence-corrected chi connectivity index (χ2v) is 11.8. The van der Waals surface area contributed by atoms with Gasteiger partial charge in [0.1, 0.15) is 0 Å². The van der Waals surface area contributed by atoms with E-state index in [0.717, 1.165) is 67.1 Å². The standard InChI is InChI=1S/C41H30N4.Pt/c1-41(2,39-25-13-21-35(42-39)33-27-44(29-15-5-3-6-16-29)37-23-11-9-19-31(33)37)40-26-14-22-36(43-40)34-28-45(30-17-7-4-8-18-30)38-24-12-10-20-32(34)38;/h3-26H,1-2H3;/q-2;+2. The van der Waals surface area contributed by atoms with Crippen molar-refractivity contribution in [1.82, 2.24) is 19.1 Å². The molecule has 0 aliphatic heterocycles. The zero-order valence-electron chi connectivity index (χ0n) is 25.5. The molecule has 4 heterocycles. The number of rotatable bonds is 6. The fourth-order valence-corrected chi connectivity index (χ4v) is 6.15. The summed E-state index contributed by atoms with van der Waals surface area (Å²) in [4.78, 5) is 10.5. The summed E-state index contributed by atoms with van der Waals surface area (Å²) in [6, 6.07) is 50.1. The van der Waals surface area contributed by atoms with Crippen molar-refractivity contribution in [3.8, 4) is 33.9 Å². The van der Waals surface area contributed by atoms with E-state index in [1.165, 1.54) is 0 Å². The molecule has 8 aromatic rings. The van der Waals surface area contributed by atoms with E-state index in [2.05, 4.69) is 169 Å². The van der Waals surface area contributed by atoms with Gasteiger partial charge in [-0.3, -0.25) is 9.97 Å². The van der Waals surface area contributed by atoms with Gasteiger partial charge in [0.05, 0.1) is 0 Å². The first-order valence-corrected chi connectivity index (χ1v) is 15.2. The van der Waals surface area contributed by atoms with E-state index in [-0.39, 0.29) is 21.1 Å². The number of aromatic nitrogens is 4. The normalized spacial score (nSPS) is 11.5. The molecule has 46 heavy (non-hydrogen) atoms. The van der Waals surface area contributed by atoms with Crippen molar-refractivity contribution < 1.29 is 21.1 Å². The monoisotopic (exact) mass is 773 g/mol. The Morgan fingerprint density at radius 1 is 0.457 bits per heavy atom. The van der Waals surface area contributed by atoms with E-state index >= 15 is 0 Å². The molecule has 0 aliphatic rings. The zero-order valence-corrected chi connectivity index (χ0v) is 27.7. The van der Waals surface area contributed by atoms with Crippen molar-refractivity contribution in [2.75, 3.05) is 0 Å². The van der Waals surface area contributed by atoms with Crippen molar-refractivity contribution in [1.29, 1.82) is 0 Å². The van der Waals surface area contributed by atoms with Crippen LogP contribution >= 0.6 is 0 Å². The first-order valence-electron chi connectivity index (χ1n) is 15.2. The fourth-order valence-electron chi connectivity index (χ4n) is 6.15. The van der Waals surface area contributed by atoms with Gasteiger partial charge in [-0.2, -0.15) is 0 Å². The molecule has 4 aromatic heterocycles. The SMILES string of the molecule is CC(C)(c1cccc(-c2[c-]n(-c3ccccc3)c3ccccc23)n1)c1cccc(-c2[c-]n(-c3ccccc3)c3ccccc23)n1.[Pt+2]. The van der Waals surface area contributed by atoms with Crippen LogP contribution in [-0.2, 0) is 26.5 Å². The van der Waals surface area contributed by atoms with Crippen molar-refractivity contribution >= 4 is 21.8 Å². The van der Waals surface area contributed by atoms with Gasteiger partial charge in [0, 0.05) is 28.2 Å². The smallest absolute Gasteiger partial charge is 0.417 e. The third kappa shape index (κ3) is 5.09. The summed E-state index contributed by atoms with van der Waals surface area (Å²) in [5, 5.41) is 2.24. The molecule has 0 atom stereocenters. The Kier molecular flexibility index (Phi) is 7.76. The molecule has 224 valence electrons. The van der Waals surface area contributed by atoms with Crippen LogP contribution in [0.2, 0.25) is 0 Å². The summed E-state index contributed by atoms with van der Waals surface area (Å²) in [6.45, 7) is 4.39. The quantitative estimate of drug-likeness (QED) is 0.158. The van der Waals surface area contributed by atoms with Gasteiger partial charge >= 0.3 is 21.1 Å². The number of hydrogen-bond donors (Lipinski definition) is 0. The maximum atomic E-state index is 5.25. The topological polar surface area (TPSA) is 35.6 Å². The predicted octanol–water partition coefficient (Wildman–Crippen LogP) is 9.62. The average Bonchev–Trinajstić information content (AvgIpc) is 3.69. The maximum Gasteiger partial charge on any atom is 2.00 e.